The molecule has 1 amide bonds. The molecular formula is C12H14F2N2O3. The predicted octanol–water partition coefficient (Wildman–Crippen LogP) is 1.58. The zero-order valence-corrected chi connectivity index (χ0v) is 10.4. The summed E-state index contributed by atoms with van der Waals surface area (Å²) in [6.07, 6.45) is 0. The second-order valence-corrected chi connectivity index (χ2v) is 4.38. The smallest absolute Gasteiger partial charge is 0.337 e. The standard InChI is InChI=1S/C12H14F2N2O3/c1-5(2)10(15)11(17)16-9-4-8(14)7(13)3-6(9)12(18)19/h3-5,10H,15H2,1-2H3,(H,16,17)(H,18,19). The van der Waals surface area contributed by atoms with Gasteiger partial charge in [-0.3, -0.25) is 4.79 Å². The number of nitrogens with two attached hydrogens (primary N) is 1. The molecule has 0 aromatic heterocycles. The van der Waals surface area contributed by atoms with Gasteiger partial charge in [0, 0.05) is 6.07 Å². The summed E-state index contributed by atoms with van der Waals surface area (Å²) in [6.45, 7) is 3.40. The number of carbonyl (C=O) groups is 2. The van der Waals surface area contributed by atoms with E-state index in [1.807, 2.05) is 0 Å². The summed E-state index contributed by atoms with van der Waals surface area (Å²) in [5.74, 6) is -4.88. The van der Waals surface area contributed by atoms with Gasteiger partial charge in [0.1, 0.15) is 0 Å². The van der Waals surface area contributed by atoms with E-state index in [1.165, 1.54) is 0 Å². The Kier molecular flexibility index (Phi) is 4.55. The lowest BCUT2D eigenvalue weighted by molar-refractivity contribution is -0.118. The third kappa shape index (κ3) is 3.47. The van der Waals surface area contributed by atoms with E-state index in [4.69, 9.17) is 10.8 Å². The van der Waals surface area contributed by atoms with Crippen LogP contribution in [0.3, 0.4) is 0 Å². The van der Waals surface area contributed by atoms with Crippen LogP contribution in [0.25, 0.3) is 0 Å². The van der Waals surface area contributed by atoms with E-state index in [9.17, 15) is 18.4 Å². The number of carboxylic acid groups (broad SMARTS) is 1. The first-order valence-corrected chi connectivity index (χ1v) is 5.52. The molecule has 1 unspecified atom stereocenters. The fraction of sp³-hybridized carbons (Fsp3) is 0.333. The Morgan fingerprint density at radius 1 is 1.26 bits per heavy atom. The van der Waals surface area contributed by atoms with Crippen molar-refractivity contribution in [3.8, 4) is 0 Å². The molecule has 4 N–H and O–H groups in total. The van der Waals surface area contributed by atoms with E-state index >= 15 is 0 Å². The van der Waals surface area contributed by atoms with Crippen molar-refractivity contribution in [2.24, 2.45) is 11.7 Å². The van der Waals surface area contributed by atoms with Crippen molar-refractivity contribution in [2.45, 2.75) is 19.9 Å². The highest BCUT2D eigenvalue weighted by molar-refractivity contribution is 6.02. The number of rotatable bonds is 4. The van der Waals surface area contributed by atoms with Crippen molar-refractivity contribution >= 4 is 17.6 Å². The molecule has 0 heterocycles. The van der Waals surface area contributed by atoms with Crippen molar-refractivity contribution in [1.82, 2.24) is 0 Å². The number of carboxylic acids is 1. The molecule has 7 heteroatoms. The maximum Gasteiger partial charge on any atom is 0.337 e. The average molecular weight is 272 g/mol. The normalized spacial score (nSPS) is 12.3. The largest absolute Gasteiger partial charge is 0.478 e. The average Bonchev–Trinajstić information content (AvgIpc) is 2.31. The zero-order chi connectivity index (χ0) is 14.7. The molecule has 0 fully saturated rings. The lowest BCUT2D eigenvalue weighted by Crippen LogP contribution is -2.40. The van der Waals surface area contributed by atoms with Crippen molar-refractivity contribution in [2.75, 3.05) is 5.32 Å². The summed E-state index contributed by atoms with van der Waals surface area (Å²) in [5.41, 5.74) is 4.71. The SMILES string of the molecule is CC(C)C(N)C(=O)Nc1cc(F)c(F)cc1C(=O)O. The molecule has 0 aliphatic carbocycles. The van der Waals surface area contributed by atoms with Crippen LogP contribution in [-0.4, -0.2) is 23.0 Å². The van der Waals surface area contributed by atoms with Crippen LogP contribution in [0.2, 0.25) is 0 Å². The van der Waals surface area contributed by atoms with Crippen molar-refractivity contribution < 1.29 is 23.5 Å². The molecule has 1 aromatic carbocycles. The quantitative estimate of drug-likeness (QED) is 0.776. The minimum Gasteiger partial charge on any atom is -0.478 e. The Labute approximate surface area is 108 Å². The van der Waals surface area contributed by atoms with Crippen LogP contribution in [0, 0.1) is 17.6 Å². The van der Waals surface area contributed by atoms with Crippen LogP contribution in [0.5, 0.6) is 0 Å². The Hall–Kier alpha value is -2.02. The van der Waals surface area contributed by atoms with E-state index in [-0.39, 0.29) is 11.6 Å². The molecule has 0 radical (unpaired) electrons. The number of benzene rings is 1. The van der Waals surface area contributed by atoms with Crippen LogP contribution >= 0.6 is 0 Å². The van der Waals surface area contributed by atoms with Gasteiger partial charge < -0.3 is 16.2 Å². The van der Waals surface area contributed by atoms with Crippen LogP contribution < -0.4 is 11.1 Å². The highest BCUT2D eigenvalue weighted by Crippen LogP contribution is 2.20. The van der Waals surface area contributed by atoms with E-state index < -0.39 is 35.1 Å². The van der Waals surface area contributed by atoms with Crippen LogP contribution in [-0.2, 0) is 4.79 Å². The van der Waals surface area contributed by atoms with Crippen molar-refractivity contribution in [3.05, 3.63) is 29.3 Å². The number of aromatic carboxylic acids is 1. The number of amides is 1. The van der Waals surface area contributed by atoms with Crippen LogP contribution in [0.15, 0.2) is 12.1 Å². The summed E-state index contributed by atoms with van der Waals surface area (Å²) in [5, 5.41) is 11.1. The summed E-state index contributed by atoms with van der Waals surface area (Å²) >= 11 is 0. The molecule has 0 bridgehead atoms. The minimum absolute atomic E-state index is 0.182. The molecule has 0 aliphatic heterocycles. The topological polar surface area (TPSA) is 92.4 Å². The first-order valence-electron chi connectivity index (χ1n) is 5.52. The third-order valence-corrected chi connectivity index (χ3v) is 2.57. The molecule has 0 aliphatic rings. The molecule has 0 saturated carbocycles. The molecular weight excluding hydrogens is 258 g/mol. The molecule has 1 rings (SSSR count). The fourth-order valence-corrected chi connectivity index (χ4v) is 1.35. The Balaban J connectivity index is 3.10. The highest BCUT2D eigenvalue weighted by Gasteiger charge is 2.21. The number of hydrogen-bond acceptors (Lipinski definition) is 3. The summed E-state index contributed by atoms with van der Waals surface area (Å²) in [7, 11) is 0. The molecule has 0 spiro atoms. The molecule has 0 saturated heterocycles. The van der Waals surface area contributed by atoms with Gasteiger partial charge in [-0.05, 0) is 12.0 Å². The first kappa shape index (κ1) is 15.0. The van der Waals surface area contributed by atoms with Gasteiger partial charge in [-0.1, -0.05) is 13.8 Å². The number of nitrogens with one attached hydrogen (secondary N) is 1. The van der Waals surface area contributed by atoms with Gasteiger partial charge in [0.2, 0.25) is 5.91 Å². The van der Waals surface area contributed by atoms with Crippen LogP contribution in [0.4, 0.5) is 14.5 Å². The van der Waals surface area contributed by atoms with Gasteiger partial charge in [0.15, 0.2) is 11.6 Å². The van der Waals surface area contributed by atoms with E-state index in [2.05, 4.69) is 5.32 Å². The third-order valence-electron chi connectivity index (χ3n) is 2.57. The second-order valence-electron chi connectivity index (χ2n) is 4.38. The van der Waals surface area contributed by atoms with Gasteiger partial charge in [-0.15, -0.1) is 0 Å². The zero-order valence-electron chi connectivity index (χ0n) is 10.4. The lowest BCUT2D eigenvalue weighted by Gasteiger charge is -2.16. The van der Waals surface area contributed by atoms with E-state index in [0.717, 1.165) is 0 Å². The highest BCUT2D eigenvalue weighted by atomic mass is 19.2. The van der Waals surface area contributed by atoms with Gasteiger partial charge in [0.25, 0.3) is 0 Å². The molecule has 5 nitrogen and oxygen atoms in total. The predicted molar refractivity (Wildman–Crippen MR) is 64.8 cm³/mol. The van der Waals surface area contributed by atoms with Crippen molar-refractivity contribution in [1.29, 1.82) is 0 Å². The molecule has 1 aromatic rings. The molecule has 19 heavy (non-hydrogen) atoms. The lowest BCUT2D eigenvalue weighted by atomic mass is 10.0. The monoisotopic (exact) mass is 272 g/mol. The Bertz CT molecular complexity index is 518. The fourth-order valence-electron chi connectivity index (χ4n) is 1.35. The summed E-state index contributed by atoms with van der Waals surface area (Å²) in [6, 6.07) is 0.243. The van der Waals surface area contributed by atoms with Gasteiger partial charge >= 0.3 is 5.97 Å². The Morgan fingerprint density at radius 2 is 1.79 bits per heavy atom. The number of anilines is 1. The Morgan fingerprint density at radius 3 is 2.26 bits per heavy atom. The maximum atomic E-state index is 13.1. The van der Waals surface area contributed by atoms with Crippen molar-refractivity contribution in [3.63, 3.8) is 0 Å². The van der Waals surface area contributed by atoms with E-state index in [0.29, 0.717) is 12.1 Å². The summed E-state index contributed by atoms with van der Waals surface area (Å²) < 4.78 is 26.1. The molecule has 104 valence electrons. The molecule has 1 atom stereocenters. The first-order chi connectivity index (χ1) is 8.73. The van der Waals surface area contributed by atoms with Gasteiger partial charge in [0.05, 0.1) is 17.3 Å². The maximum absolute atomic E-state index is 13.1. The van der Waals surface area contributed by atoms with Gasteiger partial charge in [-0.25, -0.2) is 13.6 Å². The van der Waals surface area contributed by atoms with E-state index in [1.54, 1.807) is 13.8 Å². The number of hydrogen-bond donors (Lipinski definition) is 3. The van der Waals surface area contributed by atoms with Crippen LogP contribution in [0.1, 0.15) is 24.2 Å². The second kappa shape index (κ2) is 5.75. The minimum atomic E-state index is -1.48. The van der Waals surface area contributed by atoms with Gasteiger partial charge in [-0.2, -0.15) is 0 Å². The number of halogens is 2. The number of carbonyl (C=O) groups excluding carboxylic acids is 1. The summed E-state index contributed by atoms with van der Waals surface area (Å²) in [4.78, 5) is 22.6.